The van der Waals surface area contributed by atoms with Crippen molar-refractivity contribution in [2.24, 2.45) is 0 Å². The number of carboxylic acid groups (broad SMARTS) is 1. The van der Waals surface area contributed by atoms with Crippen LogP contribution in [0.4, 0.5) is 9.59 Å². The number of thiophene rings is 2. The highest BCUT2D eigenvalue weighted by Gasteiger charge is 2.28. The van der Waals surface area contributed by atoms with E-state index in [2.05, 4.69) is 24.5 Å². The van der Waals surface area contributed by atoms with Gasteiger partial charge >= 0.3 is 18.2 Å². The van der Waals surface area contributed by atoms with Crippen LogP contribution in [0, 0.1) is 0 Å². The Labute approximate surface area is 283 Å². The molecule has 2 atom stereocenters. The first kappa shape index (κ1) is 40.9. The molecule has 3 amide bonds. The zero-order valence-electron chi connectivity index (χ0n) is 28.9. The van der Waals surface area contributed by atoms with Gasteiger partial charge in [0.1, 0.15) is 23.3 Å². The van der Waals surface area contributed by atoms with Gasteiger partial charge < -0.3 is 30.1 Å². The monoisotopic (exact) mass is 681 g/mol. The van der Waals surface area contributed by atoms with Gasteiger partial charge in [-0.3, -0.25) is 4.79 Å². The predicted octanol–water partition coefficient (Wildman–Crippen LogP) is 7.66. The highest BCUT2D eigenvalue weighted by atomic mass is 32.1. The molecule has 1 unspecified atom stereocenters. The molecule has 0 saturated heterocycles. The summed E-state index contributed by atoms with van der Waals surface area (Å²) >= 11 is 3.05. The smallest absolute Gasteiger partial charge is 0.408 e. The number of hydrogen-bond donors (Lipinski definition) is 3. The number of carboxylic acids is 1. The molecule has 0 bridgehead atoms. The molecule has 0 radical (unpaired) electrons. The van der Waals surface area contributed by atoms with Crippen molar-refractivity contribution in [1.82, 2.24) is 15.5 Å². The number of ether oxygens (including phenoxy) is 2. The van der Waals surface area contributed by atoms with E-state index in [1.807, 2.05) is 60.7 Å². The van der Waals surface area contributed by atoms with Crippen molar-refractivity contribution in [2.75, 3.05) is 13.1 Å². The van der Waals surface area contributed by atoms with Crippen LogP contribution < -0.4 is 10.6 Å². The molecule has 0 aliphatic heterocycles. The minimum absolute atomic E-state index is 0.00790. The van der Waals surface area contributed by atoms with E-state index in [0.29, 0.717) is 6.42 Å². The Hall–Kier alpha value is -3.12. The minimum atomic E-state index is -1.07. The summed E-state index contributed by atoms with van der Waals surface area (Å²) in [5.74, 6) is -1.08. The molecule has 0 saturated carbocycles. The van der Waals surface area contributed by atoms with Crippen LogP contribution in [0.15, 0.2) is 35.0 Å². The van der Waals surface area contributed by atoms with E-state index in [1.54, 1.807) is 32.1 Å². The number of carbonyl (C=O) groups is 4. The number of unbranched alkanes of at least 4 members (excludes halogenated alkanes) is 4. The number of carbonyl (C=O) groups excluding carboxylic acids is 3. The molecule has 0 aliphatic rings. The summed E-state index contributed by atoms with van der Waals surface area (Å²) in [4.78, 5) is 52.1. The lowest BCUT2D eigenvalue weighted by molar-refractivity contribution is -0.139. The maximum absolute atomic E-state index is 13.3. The lowest BCUT2D eigenvalue weighted by atomic mass is 10.1. The largest absolute Gasteiger partial charge is 0.480 e. The van der Waals surface area contributed by atoms with Gasteiger partial charge in [-0.25, -0.2) is 14.4 Å². The first-order valence-electron chi connectivity index (χ1n) is 16.1. The Morgan fingerprint density at radius 1 is 0.739 bits per heavy atom. The maximum atomic E-state index is 13.3. The summed E-state index contributed by atoms with van der Waals surface area (Å²) in [6.45, 7) is 16.4. The molecule has 0 spiro atoms. The molecule has 3 N–H and O–H groups in total. The number of hydrogen-bond acceptors (Lipinski definition) is 8. The molecule has 10 nitrogen and oxygen atoms in total. The first-order chi connectivity index (χ1) is 21.5. The van der Waals surface area contributed by atoms with Gasteiger partial charge in [-0.1, -0.05) is 51.7 Å². The van der Waals surface area contributed by atoms with E-state index >= 15 is 0 Å². The fourth-order valence-corrected chi connectivity index (χ4v) is 5.72. The maximum Gasteiger partial charge on any atom is 0.408 e. The summed E-state index contributed by atoms with van der Waals surface area (Å²) < 4.78 is 10.4. The van der Waals surface area contributed by atoms with Crippen molar-refractivity contribution in [2.45, 2.75) is 130 Å². The molecular formula is C34H55N3O7S2. The van der Waals surface area contributed by atoms with Crippen LogP contribution in [0.25, 0.3) is 0 Å². The Bertz CT molecular complexity index is 1150. The average Bonchev–Trinajstić information content (AvgIpc) is 3.64. The number of rotatable bonds is 16. The number of aliphatic carboxylic acids is 1. The van der Waals surface area contributed by atoms with Crippen molar-refractivity contribution in [3.8, 4) is 0 Å². The molecular weight excluding hydrogens is 627 g/mol. The fourth-order valence-electron chi connectivity index (χ4n) is 4.22. The molecule has 2 aromatic rings. The van der Waals surface area contributed by atoms with Crippen LogP contribution in [0.5, 0.6) is 0 Å². The van der Waals surface area contributed by atoms with Gasteiger partial charge in [0.05, 0.1) is 0 Å². The van der Waals surface area contributed by atoms with Gasteiger partial charge in [-0.2, -0.15) is 0 Å². The fraction of sp³-hybridized carbons (Fsp3) is 0.647. The normalized spacial score (nSPS) is 12.6. The number of amides is 3. The molecule has 12 heteroatoms. The summed E-state index contributed by atoms with van der Waals surface area (Å²) in [7, 11) is 0. The van der Waals surface area contributed by atoms with E-state index in [-0.39, 0.29) is 12.3 Å². The van der Waals surface area contributed by atoms with Gasteiger partial charge in [-0.05, 0) is 77.3 Å². The quantitative estimate of drug-likeness (QED) is 0.155. The van der Waals surface area contributed by atoms with E-state index in [0.717, 1.165) is 61.4 Å². The third-order valence-corrected chi connectivity index (χ3v) is 8.12. The van der Waals surface area contributed by atoms with E-state index < -0.39 is 41.4 Å². The zero-order valence-corrected chi connectivity index (χ0v) is 30.5. The van der Waals surface area contributed by atoms with Gasteiger partial charge in [-0.15, -0.1) is 22.7 Å². The van der Waals surface area contributed by atoms with Gasteiger partial charge in [0.25, 0.3) is 0 Å². The van der Waals surface area contributed by atoms with E-state index in [4.69, 9.17) is 14.6 Å². The minimum Gasteiger partial charge on any atom is -0.480 e. The molecule has 260 valence electrons. The number of nitrogens with zero attached hydrogens (tertiary/aromatic N) is 1. The van der Waals surface area contributed by atoms with E-state index in [9.17, 15) is 19.2 Å². The molecule has 0 aliphatic carbocycles. The molecule has 0 fully saturated rings. The molecule has 0 aromatic carbocycles. The zero-order chi connectivity index (χ0) is 34.8. The van der Waals surface area contributed by atoms with Crippen LogP contribution in [0.1, 0.15) is 104 Å². The van der Waals surface area contributed by atoms with E-state index in [1.165, 1.54) is 11.3 Å². The Morgan fingerprint density at radius 2 is 1.15 bits per heavy atom. The Balaban J connectivity index is 0.000000506. The van der Waals surface area contributed by atoms with Crippen LogP contribution in [0.2, 0.25) is 0 Å². The molecule has 46 heavy (non-hydrogen) atoms. The Kier molecular flexibility index (Phi) is 18.6. The highest BCUT2D eigenvalue weighted by Crippen LogP contribution is 2.16. The topological polar surface area (TPSA) is 134 Å². The third-order valence-electron chi connectivity index (χ3n) is 6.32. The Morgan fingerprint density at radius 3 is 1.50 bits per heavy atom. The second kappa shape index (κ2) is 20.9. The second-order valence-electron chi connectivity index (χ2n) is 13.0. The second-order valence-corrected chi connectivity index (χ2v) is 15.1. The van der Waals surface area contributed by atoms with Crippen molar-refractivity contribution in [3.63, 3.8) is 0 Å². The molecule has 2 heterocycles. The predicted molar refractivity (Wildman–Crippen MR) is 186 cm³/mol. The summed E-state index contributed by atoms with van der Waals surface area (Å²) in [6, 6.07) is 6.06. The standard InChI is InChI=1S/C22H38N2O3S.C12H17NO4S/c1-6-8-10-14-24(15-11-9-7-2)20(25)19(17-18-13-12-16-28-18)23-21(26)27-22(3,4)5;1-12(2,3)17-11(16)13-9(10(14)15)7-8-5-4-6-18-8/h12-13,16,19H,6-11,14-15,17H2,1-5H3,(H,23,26);4-6,9H,7H2,1-3H3,(H,13,16)(H,14,15)/t19-;/m1./s1. The van der Waals surface area contributed by atoms with Crippen LogP contribution in [0.3, 0.4) is 0 Å². The van der Waals surface area contributed by atoms with Crippen molar-refractivity contribution in [3.05, 3.63) is 44.8 Å². The van der Waals surface area contributed by atoms with Gasteiger partial charge in [0.2, 0.25) is 5.91 Å². The lowest BCUT2D eigenvalue weighted by Gasteiger charge is -2.29. The van der Waals surface area contributed by atoms with Gasteiger partial charge in [0, 0.05) is 35.7 Å². The summed E-state index contributed by atoms with van der Waals surface area (Å²) in [5.41, 5.74) is -1.24. The third kappa shape index (κ3) is 18.8. The lowest BCUT2D eigenvalue weighted by Crippen LogP contribution is -2.51. The summed E-state index contributed by atoms with van der Waals surface area (Å²) in [5, 5.41) is 18.1. The molecule has 2 aromatic heterocycles. The van der Waals surface area contributed by atoms with Crippen molar-refractivity contribution >= 4 is 46.7 Å². The SMILES string of the molecule is CC(C)(C)OC(=O)NC(Cc1cccs1)C(=O)O.CCCCCN(CCCCC)C(=O)[C@@H](Cc1cccs1)NC(=O)OC(C)(C)C. The van der Waals surface area contributed by atoms with Crippen molar-refractivity contribution < 1.29 is 33.8 Å². The first-order valence-corrected chi connectivity index (χ1v) is 17.9. The van der Waals surface area contributed by atoms with Crippen molar-refractivity contribution in [1.29, 1.82) is 0 Å². The highest BCUT2D eigenvalue weighted by molar-refractivity contribution is 7.10. The molecule has 2 rings (SSSR count). The number of alkyl carbamates (subject to hydrolysis) is 2. The van der Waals surface area contributed by atoms with Crippen LogP contribution >= 0.6 is 22.7 Å². The summed E-state index contributed by atoms with van der Waals surface area (Å²) in [6.07, 6.45) is 5.92. The average molecular weight is 682 g/mol. The number of nitrogens with one attached hydrogen (secondary N) is 2. The van der Waals surface area contributed by atoms with Gasteiger partial charge in [0.15, 0.2) is 0 Å². The van der Waals surface area contributed by atoms with Crippen LogP contribution in [-0.2, 0) is 31.9 Å². The van der Waals surface area contributed by atoms with Crippen LogP contribution in [-0.4, -0.2) is 70.4 Å².